The van der Waals surface area contributed by atoms with Crippen molar-refractivity contribution >= 4 is 16.9 Å². The fourth-order valence-corrected chi connectivity index (χ4v) is 2.03. The van der Waals surface area contributed by atoms with Crippen LogP contribution in [-0.2, 0) is 6.54 Å². The summed E-state index contributed by atoms with van der Waals surface area (Å²) < 4.78 is 6.87. The molecule has 2 heterocycles. The van der Waals surface area contributed by atoms with Crippen molar-refractivity contribution in [3.05, 3.63) is 47.7 Å². The molecule has 0 bridgehead atoms. The summed E-state index contributed by atoms with van der Waals surface area (Å²) in [5, 5.41) is 13.7. The van der Waals surface area contributed by atoms with Gasteiger partial charge in [0.2, 0.25) is 5.89 Å². The van der Waals surface area contributed by atoms with Crippen LogP contribution in [0, 0.1) is 6.92 Å². The van der Waals surface area contributed by atoms with Crippen molar-refractivity contribution in [2.24, 2.45) is 0 Å². The van der Waals surface area contributed by atoms with E-state index in [2.05, 4.69) is 10.1 Å². The molecule has 0 atom stereocenters. The van der Waals surface area contributed by atoms with E-state index in [1.165, 1.54) is 0 Å². The van der Waals surface area contributed by atoms with E-state index in [-0.39, 0.29) is 5.56 Å². The van der Waals surface area contributed by atoms with Gasteiger partial charge in [-0.2, -0.15) is 4.98 Å². The molecule has 0 aliphatic rings. The molecule has 0 aliphatic heterocycles. The highest BCUT2D eigenvalue weighted by atomic mass is 16.5. The second kappa shape index (κ2) is 4.24. The smallest absolute Gasteiger partial charge is 0.335 e. The number of nitrogens with zero attached hydrogens (tertiary/aromatic N) is 3. The van der Waals surface area contributed by atoms with Gasteiger partial charge in [-0.05, 0) is 24.3 Å². The van der Waals surface area contributed by atoms with Gasteiger partial charge in [0.15, 0.2) is 5.82 Å². The maximum Gasteiger partial charge on any atom is 0.335 e. The summed E-state index contributed by atoms with van der Waals surface area (Å²) in [6, 6.07) is 6.89. The number of carbonyl (C=O) groups is 1. The number of fused-ring (bicyclic) bond motifs is 1. The highest BCUT2D eigenvalue weighted by Crippen LogP contribution is 2.18. The van der Waals surface area contributed by atoms with E-state index in [9.17, 15) is 4.79 Å². The average Bonchev–Trinajstić information content (AvgIpc) is 2.96. The fourth-order valence-electron chi connectivity index (χ4n) is 2.03. The van der Waals surface area contributed by atoms with Crippen molar-refractivity contribution in [1.82, 2.24) is 14.7 Å². The zero-order valence-corrected chi connectivity index (χ0v) is 10.2. The third kappa shape index (κ3) is 2.08. The molecule has 3 aromatic rings. The number of rotatable bonds is 3. The fraction of sp³-hybridized carbons (Fsp3) is 0.154. The monoisotopic (exact) mass is 257 g/mol. The number of benzene rings is 1. The number of hydrogen-bond donors (Lipinski definition) is 1. The van der Waals surface area contributed by atoms with Gasteiger partial charge >= 0.3 is 5.97 Å². The van der Waals surface area contributed by atoms with Crippen molar-refractivity contribution in [3.63, 3.8) is 0 Å². The number of carboxylic acid groups (broad SMARTS) is 1. The molecule has 0 aliphatic carbocycles. The maximum atomic E-state index is 10.9. The first-order valence-electron chi connectivity index (χ1n) is 5.75. The Balaban J connectivity index is 1.99. The molecule has 1 aromatic carbocycles. The first-order chi connectivity index (χ1) is 9.13. The molecule has 96 valence electrons. The van der Waals surface area contributed by atoms with Crippen LogP contribution in [0.2, 0.25) is 0 Å². The average molecular weight is 257 g/mol. The van der Waals surface area contributed by atoms with Crippen LogP contribution in [0.15, 0.2) is 35.0 Å². The van der Waals surface area contributed by atoms with E-state index in [1.54, 1.807) is 25.1 Å². The van der Waals surface area contributed by atoms with Crippen LogP contribution in [0.3, 0.4) is 0 Å². The summed E-state index contributed by atoms with van der Waals surface area (Å²) in [5.74, 6) is 0.195. The van der Waals surface area contributed by atoms with Gasteiger partial charge < -0.3 is 14.2 Å². The van der Waals surface area contributed by atoms with E-state index in [0.717, 1.165) is 10.9 Å². The lowest BCUT2D eigenvalue weighted by atomic mass is 10.1. The zero-order chi connectivity index (χ0) is 13.4. The van der Waals surface area contributed by atoms with Crippen LogP contribution in [0.25, 0.3) is 10.9 Å². The molecule has 0 fully saturated rings. The molecule has 6 nitrogen and oxygen atoms in total. The molecule has 0 unspecified atom stereocenters. The topological polar surface area (TPSA) is 81.2 Å². The van der Waals surface area contributed by atoms with Gasteiger partial charge in [0, 0.05) is 24.0 Å². The standard InChI is InChI=1S/C13H11N3O3/c1-8-14-12(15-19-8)7-16-5-4-9-6-10(13(17)18)2-3-11(9)16/h2-6H,7H2,1H3,(H,17,18). The summed E-state index contributed by atoms with van der Waals surface area (Å²) in [6.45, 7) is 2.23. The Labute approximate surface area is 108 Å². The van der Waals surface area contributed by atoms with Gasteiger partial charge in [0.25, 0.3) is 0 Å². The largest absolute Gasteiger partial charge is 0.478 e. The molecule has 0 spiro atoms. The van der Waals surface area contributed by atoms with Crippen molar-refractivity contribution in [3.8, 4) is 0 Å². The predicted octanol–water partition coefficient (Wildman–Crippen LogP) is 2.08. The number of carboxylic acids is 1. The first-order valence-corrected chi connectivity index (χ1v) is 5.75. The first kappa shape index (κ1) is 11.5. The Morgan fingerprint density at radius 3 is 2.95 bits per heavy atom. The van der Waals surface area contributed by atoms with Gasteiger partial charge in [0.1, 0.15) is 0 Å². The second-order valence-electron chi connectivity index (χ2n) is 4.25. The van der Waals surface area contributed by atoms with E-state index in [0.29, 0.717) is 18.3 Å². The lowest BCUT2D eigenvalue weighted by Gasteiger charge is -2.02. The van der Waals surface area contributed by atoms with Crippen LogP contribution in [-0.4, -0.2) is 25.8 Å². The van der Waals surface area contributed by atoms with Gasteiger partial charge in [-0.3, -0.25) is 0 Å². The number of hydrogen-bond acceptors (Lipinski definition) is 4. The van der Waals surface area contributed by atoms with E-state index < -0.39 is 5.97 Å². The summed E-state index contributed by atoms with van der Waals surface area (Å²) >= 11 is 0. The third-order valence-corrected chi connectivity index (χ3v) is 2.90. The third-order valence-electron chi connectivity index (χ3n) is 2.90. The van der Waals surface area contributed by atoms with Crippen molar-refractivity contribution in [1.29, 1.82) is 0 Å². The molecule has 0 amide bonds. The molecular weight excluding hydrogens is 246 g/mol. The summed E-state index contributed by atoms with van der Waals surface area (Å²) in [7, 11) is 0. The number of aryl methyl sites for hydroxylation is 1. The van der Waals surface area contributed by atoms with Crippen LogP contribution >= 0.6 is 0 Å². The lowest BCUT2D eigenvalue weighted by Crippen LogP contribution is -2.00. The molecular formula is C13H11N3O3. The summed E-state index contributed by atoms with van der Waals surface area (Å²) in [5.41, 5.74) is 1.22. The SMILES string of the molecule is Cc1nc(Cn2ccc3cc(C(=O)O)ccc32)no1. The van der Waals surface area contributed by atoms with E-state index in [1.807, 2.05) is 16.8 Å². The second-order valence-corrected chi connectivity index (χ2v) is 4.25. The Morgan fingerprint density at radius 2 is 2.26 bits per heavy atom. The van der Waals surface area contributed by atoms with Gasteiger partial charge in [-0.25, -0.2) is 4.79 Å². The quantitative estimate of drug-likeness (QED) is 0.776. The molecule has 3 rings (SSSR count). The van der Waals surface area contributed by atoms with Crippen molar-refractivity contribution < 1.29 is 14.4 Å². The molecule has 19 heavy (non-hydrogen) atoms. The zero-order valence-electron chi connectivity index (χ0n) is 10.2. The minimum Gasteiger partial charge on any atom is -0.478 e. The summed E-state index contributed by atoms with van der Waals surface area (Å²) in [6.07, 6.45) is 1.88. The minimum absolute atomic E-state index is 0.278. The number of aromatic nitrogens is 3. The normalized spacial score (nSPS) is 11.0. The molecule has 2 aromatic heterocycles. The minimum atomic E-state index is -0.927. The van der Waals surface area contributed by atoms with Crippen LogP contribution < -0.4 is 0 Å². The molecule has 1 N–H and O–H groups in total. The molecule has 0 radical (unpaired) electrons. The summed E-state index contributed by atoms with van der Waals surface area (Å²) in [4.78, 5) is 15.1. The molecule has 6 heteroatoms. The van der Waals surface area contributed by atoms with Crippen LogP contribution in [0.5, 0.6) is 0 Å². The van der Waals surface area contributed by atoms with E-state index >= 15 is 0 Å². The van der Waals surface area contributed by atoms with E-state index in [4.69, 9.17) is 9.63 Å². The van der Waals surface area contributed by atoms with Crippen molar-refractivity contribution in [2.45, 2.75) is 13.5 Å². The van der Waals surface area contributed by atoms with Crippen LogP contribution in [0.1, 0.15) is 22.1 Å². The highest BCUT2D eigenvalue weighted by Gasteiger charge is 2.09. The number of aromatic carboxylic acids is 1. The highest BCUT2D eigenvalue weighted by molar-refractivity contribution is 5.93. The molecule has 0 saturated carbocycles. The molecule has 0 saturated heterocycles. The van der Waals surface area contributed by atoms with Crippen molar-refractivity contribution in [2.75, 3.05) is 0 Å². The van der Waals surface area contributed by atoms with Gasteiger partial charge in [0.05, 0.1) is 12.1 Å². The van der Waals surface area contributed by atoms with Gasteiger partial charge in [-0.15, -0.1) is 0 Å². The lowest BCUT2D eigenvalue weighted by molar-refractivity contribution is 0.0697. The Hall–Kier alpha value is -2.63. The Morgan fingerprint density at radius 1 is 1.42 bits per heavy atom. The van der Waals surface area contributed by atoms with Gasteiger partial charge in [-0.1, -0.05) is 5.16 Å². The Kier molecular flexibility index (Phi) is 2.56. The predicted molar refractivity (Wildman–Crippen MR) is 67.0 cm³/mol. The Bertz CT molecular complexity index is 757. The van der Waals surface area contributed by atoms with Crippen LogP contribution in [0.4, 0.5) is 0 Å². The maximum absolute atomic E-state index is 10.9.